The van der Waals surface area contributed by atoms with Gasteiger partial charge in [-0.2, -0.15) is 0 Å². The Kier molecular flexibility index (Phi) is 6.51. The van der Waals surface area contributed by atoms with E-state index in [2.05, 4.69) is 33.0 Å². The highest BCUT2D eigenvalue weighted by atomic mass is 16.5. The van der Waals surface area contributed by atoms with Gasteiger partial charge in [0.25, 0.3) is 0 Å². The summed E-state index contributed by atoms with van der Waals surface area (Å²) in [4.78, 5) is 21.4. The molecular formula is C29H33N3O3. The van der Waals surface area contributed by atoms with E-state index in [0.717, 1.165) is 111 Å². The highest BCUT2D eigenvalue weighted by Crippen LogP contribution is 2.41. The average molecular weight is 472 g/mol. The lowest BCUT2D eigenvalue weighted by Gasteiger charge is -2.34. The molecule has 3 aliphatic rings. The minimum absolute atomic E-state index is 0.258. The predicted octanol–water partition coefficient (Wildman–Crippen LogP) is 4.65. The fourth-order valence-corrected chi connectivity index (χ4v) is 5.72. The summed E-state index contributed by atoms with van der Waals surface area (Å²) in [5, 5.41) is 0. The van der Waals surface area contributed by atoms with Crippen LogP contribution in [-0.4, -0.2) is 73.0 Å². The van der Waals surface area contributed by atoms with Crippen molar-refractivity contribution < 1.29 is 13.9 Å². The lowest BCUT2D eigenvalue weighted by molar-refractivity contribution is 0.0319. The first-order valence-electron chi connectivity index (χ1n) is 13.0. The molecule has 0 N–H and O–H groups in total. The van der Waals surface area contributed by atoms with Crippen LogP contribution in [0, 0.1) is 0 Å². The third-order valence-corrected chi connectivity index (χ3v) is 7.86. The number of Topliss-reactive ketones (excluding diaryl/α,β-unsaturated/α-hetero) is 1. The number of fused-ring (bicyclic) bond motifs is 1. The second kappa shape index (κ2) is 10.1. The Morgan fingerprint density at radius 3 is 2.34 bits per heavy atom. The van der Waals surface area contributed by atoms with Gasteiger partial charge in [0.15, 0.2) is 5.78 Å². The standard InChI is InChI=1S/C29H33N3O3/c33-27-4-2-23-19-24(1-3-25(23)27)26-20-28(35-29(26)22-5-9-30-10-6-22)21-7-11-31(12-8-21)13-14-32-15-17-34-18-16-32/h1,3,5-6,9-10,19-21H,2,4,7-8,11-18H2. The number of hydrogen-bond donors (Lipinski definition) is 0. The van der Waals surface area contributed by atoms with Crippen molar-refractivity contribution in [2.75, 3.05) is 52.5 Å². The molecule has 2 aromatic heterocycles. The topological polar surface area (TPSA) is 58.8 Å². The normalized spacial score (nSPS) is 19.8. The maximum absolute atomic E-state index is 12.1. The van der Waals surface area contributed by atoms with Crippen LogP contribution in [0.4, 0.5) is 0 Å². The molecule has 0 unspecified atom stereocenters. The summed E-state index contributed by atoms with van der Waals surface area (Å²) in [7, 11) is 0. The zero-order chi connectivity index (χ0) is 23.6. The Hall–Kier alpha value is -2.80. The van der Waals surface area contributed by atoms with Crippen LogP contribution in [0.3, 0.4) is 0 Å². The zero-order valence-electron chi connectivity index (χ0n) is 20.2. The molecule has 182 valence electrons. The molecule has 2 saturated heterocycles. The van der Waals surface area contributed by atoms with Crippen molar-refractivity contribution >= 4 is 5.78 Å². The van der Waals surface area contributed by atoms with Crippen LogP contribution < -0.4 is 0 Å². The van der Waals surface area contributed by atoms with Crippen LogP contribution in [0.25, 0.3) is 22.5 Å². The van der Waals surface area contributed by atoms with Crippen molar-refractivity contribution in [1.29, 1.82) is 0 Å². The van der Waals surface area contributed by atoms with Gasteiger partial charge in [-0.3, -0.25) is 14.7 Å². The lowest BCUT2D eigenvalue weighted by Crippen LogP contribution is -2.43. The number of likely N-dealkylation sites (tertiary alicyclic amines) is 1. The van der Waals surface area contributed by atoms with E-state index in [1.165, 1.54) is 0 Å². The van der Waals surface area contributed by atoms with E-state index in [1.807, 2.05) is 30.6 Å². The molecule has 0 bridgehead atoms. The number of hydrogen-bond acceptors (Lipinski definition) is 6. The second-order valence-electron chi connectivity index (χ2n) is 9.99. The average Bonchev–Trinajstić information content (AvgIpc) is 3.53. The molecule has 6 rings (SSSR count). The van der Waals surface area contributed by atoms with Gasteiger partial charge in [0.05, 0.1) is 13.2 Å². The van der Waals surface area contributed by atoms with Crippen LogP contribution in [0.2, 0.25) is 0 Å². The molecule has 0 atom stereocenters. The molecule has 2 fully saturated rings. The van der Waals surface area contributed by atoms with Crippen molar-refractivity contribution in [3.63, 3.8) is 0 Å². The van der Waals surface area contributed by atoms with E-state index < -0.39 is 0 Å². The lowest BCUT2D eigenvalue weighted by atomic mass is 9.92. The molecule has 2 aliphatic heterocycles. The van der Waals surface area contributed by atoms with Gasteiger partial charge in [-0.1, -0.05) is 18.2 Å². The van der Waals surface area contributed by atoms with Crippen molar-refractivity contribution in [3.05, 3.63) is 65.7 Å². The van der Waals surface area contributed by atoms with Crippen LogP contribution >= 0.6 is 0 Å². The molecule has 6 nitrogen and oxygen atoms in total. The summed E-state index contributed by atoms with van der Waals surface area (Å²) in [5.74, 6) is 2.67. The summed E-state index contributed by atoms with van der Waals surface area (Å²) >= 11 is 0. The van der Waals surface area contributed by atoms with E-state index in [-0.39, 0.29) is 5.78 Å². The van der Waals surface area contributed by atoms with Gasteiger partial charge < -0.3 is 14.1 Å². The minimum atomic E-state index is 0.258. The number of aromatic nitrogens is 1. The first-order chi connectivity index (χ1) is 17.2. The van der Waals surface area contributed by atoms with Gasteiger partial charge in [0, 0.05) is 67.6 Å². The van der Waals surface area contributed by atoms with Crippen LogP contribution in [0.1, 0.15) is 46.9 Å². The summed E-state index contributed by atoms with van der Waals surface area (Å²) in [6, 6.07) is 12.5. The largest absolute Gasteiger partial charge is 0.460 e. The van der Waals surface area contributed by atoms with Gasteiger partial charge in [-0.05, 0) is 61.7 Å². The molecule has 6 heteroatoms. The number of benzene rings is 1. The predicted molar refractivity (Wildman–Crippen MR) is 136 cm³/mol. The molecule has 0 saturated carbocycles. The number of nitrogens with zero attached hydrogens (tertiary/aromatic N) is 3. The highest BCUT2D eigenvalue weighted by molar-refractivity contribution is 6.01. The molecule has 1 aromatic carbocycles. The van der Waals surface area contributed by atoms with Gasteiger partial charge in [-0.25, -0.2) is 0 Å². The molecular weight excluding hydrogens is 438 g/mol. The number of ketones is 1. The fraction of sp³-hybridized carbons (Fsp3) is 0.448. The number of piperidine rings is 1. The Morgan fingerprint density at radius 2 is 1.57 bits per heavy atom. The van der Waals surface area contributed by atoms with Crippen LogP contribution in [0.15, 0.2) is 53.2 Å². The maximum Gasteiger partial charge on any atom is 0.163 e. The highest BCUT2D eigenvalue weighted by Gasteiger charge is 2.27. The number of carbonyl (C=O) groups excluding carboxylic acids is 1. The fourth-order valence-electron chi connectivity index (χ4n) is 5.72. The minimum Gasteiger partial charge on any atom is -0.460 e. The Labute approximate surface area is 206 Å². The Bertz CT molecular complexity index is 1180. The number of ether oxygens (including phenoxy) is 1. The Balaban J connectivity index is 1.20. The van der Waals surface area contributed by atoms with E-state index in [9.17, 15) is 4.79 Å². The molecule has 0 radical (unpaired) electrons. The first kappa shape index (κ1) is 22.7. The van der Waals surface area contributed by atoms with E-state index in [0.29, 0.717) is 12.3 Å². The van der Waals surface area contributed by atoms with Gasteiger partial charge >= 0.3 is 0 Å². The van der Waals surface area contributed by atoms with E-state index in [1.54, 1.807) is 0 Å². The van der Waals surface area contributed by atoms with Crippen molar-refractivity contribution in [3.8, 4) is 22.5 Å². The molecule has 0 spiro atoms. The second-order valence-corrected chi connectivity index (χ2v) is 9.99. The molecule has 4 heterocycles. The van der Waals surface area contributed by atoms with Gasteiger partial charge in [0.1, 0.15) is 11.5 Å². The monoisotopic (exact) mass is 471 g/mol. The Morgan fingerprint density at radius 1 is 0.829 bits per heavy atom. The number of carbonyl (C=O) groups is 1. The summed E-state index contributed by atoms with van der Waals surface area (Å²) in [5.41, 5.74) is 5.32. The summed E-state index contributed by atoms with van der Waals surface area (Å²) in [6.07, 6.45) is 7.32. The number of morpholine rings is 1. The number of rotatable bonds is 6. The van der Waals surface area contributed by atoms with E-state index in [4.69, 9.17) is 9.15 Å². The van der Waals surface area contributed by atoms with Gasteiger partial charge in [-0.15, -0.1) is 0 Å². The smallest absolute Gasteiger partial charge is 0.163 e. The molecule has 35 heavy (non-hydrogen) atoms. The van der Waals surface area contributed by atoms with E-state index >= 15 is 0 Å². The number of aryl methyl sites for hydroxylation is 1. The quantitative estimate of drug-likeness (QED) is 0.522. The SMILES string of the molecule is O=C1CCc2cc(-c3cc(C4CCN(CCN5CCOCC5)CC4)oc3-c3ccncc3)ccc21. The first-order valence-corrected chi connectivity index (χ1v) is 13.0. The summed E-state index contributed by atoms with van der Waals surface area (Å²) in [6.45, 7) is 8.32. The third-order valence-electron chi connectivity index (χ3n) is 7.86. The molecule has 1 aliphatic carbocycles. The molecule has 3 aromatic rings. The van der Waals surface area contributed by atoms with Crippen molar-refractivity contribution in [1.82, 2.24) is 14.8 Å². The zero-order valence-corrected chi connectivity index (χ0v) is 20.2. The van der Waals surface area contributed by atoms with Crippen LogP contribution in [-0.2, 0) is 11.2 Å². The van der Waals surface area contributed by atoms with Crippen LogP contribution in [0.5, 0.6) is 0 Å². The molecule has 0 amide bonds. The van der Waals surface area contributed by atoms with Crippen molar-refractivity contribution in [2.45, 2.75) is 31.6 Å². The third kappa shape index (κ3) is 4.83. The number of furan rings is 1. The van der Waals surface area contributed by atoms with Crippen molar-refractivity contribution in [2.24, 2.45) is 0 Å². The summed E-state index contributed by atoms with van der Waals surface area (Å²) < 4.78 is 12.1. The number of pyridine rings is 1. The maximum atomic E-state index is 12.1. The van der Waals surface area contributed by atoms with Gasteiger partial charge in [0.2, 0.25) is 0 Å².